The Morgan fingerprint density at radius 3 is 2.80 bits per heavy atom. The molecule has 78 valence electrons. The number of para-hydroxylation sites is 1. The first-order chi connectivity index (χ1) is 7.31. The van der Waals surface area contributed by atoms with Gasteiger partial charge in [0, 0.05) is 18.0 Å². The average molecular weight is 202 g/mol. The lowest BCUT2D eigenvalue weighted by Crippen LogP contribution is -2.02. The van der Waals surface area contributed by atoms with Gasteiger partial charge in [-0.15, -0.1) is 0 Å². The molecule has 0 amide bonds. The minimum atomic E-state index is 0.801. The van der Waals surface area contributed by atoms with E-state index in [1.54, 1.807) is 7.11 Å². The Bertz CT molecular complexity index is 448. The second kappa shape index (κ2) is 4.17. The fourth-order valence-electron chi connectivity index (χ4n) is 1.59. The highest BCUT2D eigenvalue weighted by Crippen LogP contribution is 2.18. The molecule has 3 heteroatoms. The molecule has 15 heavy (non-hydrogen) atoms. The van der Waals surface area contributed by atoms with E-state index in [-0.39, 0.29) is 0 Å². The van der Waals surface area contributed by atoms with Gasteiger partial charge < -0.3 is 9.30 Å². The van der Waals surface area contributed by atoms with Crippen LogP contribution in [-0.4, -0.2) is 16.7 Å². The number of aryl methyl sites for hydroxylation is 1. The molecular weight excluding hydrogens is 188 g/mol. The molecule has 0 atom stereocenters. The Kier molecular flexibility index (Phi) is 2.72. The lowest BCUT2D eigenvalue weighted by atomic mass is 10.2. The molecule has 2 rings (SSSR count). The molecule has 2 aromatic rings. The van der Waals surface area contributed by atoms with Gasteiger partial charge in [-0.05, 0) is 13.0 Å². The third-order valence-electron chi connectivity index (χ3n) is 2.46. The molecule has 1 aromatic carbocycles. The summed E-state index contributed by atoms with van der Waals surface area (Å²) in [6.07, 6.45) is 3.78. The van der Waals surface area contributed by atoms with Crippen LogP contribution in [0.4, 0.5) is 0 Å². The van der Waals surface area contributed by atoms with Crippen LogP contribution in [0.5, 0.6) is 5.75 Å². The van der Waals surface area contributed by atoms with Crippen LogP contribution in [-0.2, 0) is 6.54 Å². The standard InChI is InChI=1S/C12H14N2O/c1-10-13-7-8-14(10)9-11-5-3-4-6-12(11)15-2/h3-8H,9H2,1-2H3. The Morgan fingerprint density at radius 1 is 1.33 bits per heavy atom. The highest BCUT2D eigenvalue weighted by Gasteiger charge is 2.03. The van der Waals surface area contributed by atoms with Crippen LogP contribution in [0.15, 0.2) is 36.7 Å². The van der Waals surface area contributed by atoms with Crippen molar-refractivity contribution in [3.63, 3.8) is 0 Å². The summed E-state index contributed by atoms with van der Waals surface area (Å²) in [6.45, 7) is 2.80. The van der Waals surface area contributed by atoms with Crippen molar-refractivity contribution in [2.24, 2.45) is 0 Å². The SMILES string of the molecule is COc1ccccc1Cn1ccnc1C. The molecule has 0 N–H and O–H groups in total. The largest absolute Gasteiger partial charge is 0.496 e. The summed E-state index contributed by atoms with van der Waals surface area (Å²) in [4.78, 5) is 4.19. The van der Waals surface area contributed by atoms with Crippen LogP contribution in [0.25, 0.3) is 0 Å². The van der Waals surface area contributed by atoms with Crippen molar-refractivity contribution in [2.75, 3.05) is 7.11 Å². The number of benzene rings is 1. The second-order valence-electron chi connectivity index (χ2n) is 3.41. The van der Waals surface area contributed by atoms with Gasteiger partial charge in [0.25, 0.3) is 0 Å². The van der Waals surface area contributed by atoms with Crippen LogP contribution in [0, 0.1) is 6.92 Å². The number of hydrogen-bond donors (Lipinski definition) is 0. The zero-order valence-electron chi connectivity index (χ0n) is 8.97. The fourth-order valence-corrected chi connectivity index (χ4v) is 1.59. The molecule has 1 aromatic heterocycles. The highest BCUT2D eigenvalue weighted by atomic mass is 16.5. The van der Waals surface area contributed by atoms with Gasteiger partial charge in [0.2, 0.25) is 0 Å². The zero-order chi connectivity index (χ0) is 10.7. The minimum absolute atomic E-state index is 0.801. The molecule has 0 aliphatic carbocycles. The predicted molar refractivity (Wildman–Crippen MR) is 59.1 cm³/mol. The molecule has 0 aliphatic heterocycles. The molecule has 0 spiro atoms. The van der Waals surface area contributed by atoms with Gasteiger partial charge in [-0.1, -0.05) is 18.2 Å². The predicted octanol–water partition coefficient (Wildman–Crippen LogP) is 2.25. The Morgan fingerprint density at radius 2 is 2.13 bits per heavy atom. The maximum atomic E-state index is 5.30. The molecule has 0 aliphatic rings. The summed E-state index contributed by atoms with van der Waals surface area (Å²) >= 11 is 0. The van der Waals surface area contributed by atoms with Crippen molar-refractivity contribution in [2.45, 2.75) is 13.5 Å². The molecule has 3 nitrogen and oxygen atoms in total. The van der Waals surface area contributed by atoms with Crippen LogP contribution < -0.4 is 4.74 Å². The first-order valence-electron chi connectivity index (χ1n) is 4.91. The monoisotopic (exact) mass is 202 g/mol. The first-order valence-corrected chi connectivity index (χ1v) is 4.91. The molecule has 0 bridgehead atoms. The van der Waals surface area contributed by atoms with Gasteiger partial charge in [-0.25, -0.2) is 4.98 Å². The first kappa shape index (κ1) is 9.77. The van der Waals surface area contributed by atoms with Crippen LogP contribution in [0.3, 0.4) is 0 Å². The van der Waals surface area contributed by atoms with Crippen molar-refractivity contribution >= 4 is 0 Å². The molecule has 0 saturated heterocycles. The minimum Gasteiger partial charge on any atom is -0.496 e. The van der Waals surface area contributed by atoms with Crippen LogP contribution >= 0.6 is 0 Å². The lowest BCUT2D eigenvalue weighted by Gasteiger charge is -2.09. The summed E-state index contributed by atoms with van der Waals surface area (Å²) in [7, 11) is 1.69. The van der Waals surface area contributed by atoms with E-state index in [9.17, 15) is 0 Å². The van der Waals surface area contributed by atoms with E-state index < -0.39 is 0 Å². The van der Waals surface area contributed by atoms with E-state index in [0.717, 1.165) is 18.1 Å². The summed E-state index contributed by atoms with van der Waals surface area (Å²) in [5.74, 6) is 1.94. The Hall–Kier alpha value is -1.77. The summed E-state index contributed by atoms with van der Waals surface area (Å²) in [5, 5.41) is 0. The van der Waals surface area contributed by atoms with Gasteiger partial charge in [-0.2, -0.15) is 0 Å². The van der Waals surface area contributed by atoms with Crippen molar-refractivity contribution in [1.29, 1.82) is 0 Å². The molecule has 0 radical (unpaired) electrons. The number of imidazole rings is 1. The smallest absolute Gasteiger partial charge is 0.123 e. The Labute approximate surface area is 89.3 Å². The van der Waals surface area contributed by atoms with E-state index in [2.05, 4.69) is 15.6 Å². The number of nitrogens with zero attached hydrogens (tertiary/aromatic N) is 2. The number of methoxy groups -OCH3 is 1. The van der Waals surface area contributed by atoms with Crippen molar-refractivity contribution in [3.8, 4) is 5.75 Å². The van der Waals surface area contributed by atoms with Crippen molar-refractivity contribution in [3.05, 3.63) is 48.0 Å². The average Bonchev–Trinajstić information content (AvgIpc) is 2.65. The van der Waals surface area contributed by atoms with Crippen molar-refractivity contribution < 1.29 is 4.74 Å². The van der Waals surface area contributed by atoms with Crippen LogP contribution in [0.1, 0.15) is 11.4 Å². The second-order valence-corrected chi connectivity index (χ2v) is 3.41. The summed E-state index contributed by atoms with van der Waals surface area (Å²) in [6, 6.07) is 8.03. The van der Waals surface area contributed by atoms with E-state index in [1.165, 1.54) is 5.56 Å². The molecular formula is C12H14N2O. The van der Waals surface area contributed by atoms with Crippen LogP contribution in [0.2, 0.25) is 0 Å². The third kappa shape index (κ3) is 2.01. The summed E-state index contributed by atoms with van der Waals surface area (Å²) in [5.41, 5.74) is 1.17. The van der Waals surface area contributed by atoms with Gasteiger partial charge in [0.15, 0.2) is 0 Å². The maximum Gasteiger partial charge on any atom is 0.123 e. The van der Waals surface area contributed by atoms with Gasteiger partial charge in [0.05, 0.1) is 13.7 Å². The van der Waals surface area contributed by atoms with Gasteiger partial charge in [-0.3, -0.25) is 0 Å². The molecule has 0 unspecified atom stereocenters. The number of hydrogen-bond acceptors (Lipinski definition) is 2. The normalized spacial score (nSPS) is 10.3. The third-order valence-corrected chi connectivity index (χ3v) is 2.46. The molecule has 0 saturated carbocycles. The topological polar surface area (TPSA) is 27.1 Å². The quantitative estimate of drug-likeness (QED) is 0.763. The highest BCUT2D eigenvalue weighted by molar-refractivity contribution is 5.33. The molecule has 1 heterocycles. The number of ether oxygens (including phenoxy) is 1. The lowest BCUT2D eigenvalue weighted by molar-refractivity contribution is 0.408. The van der Waals surface area contributed by atoms with E-state index >= 15 is 0 Å². The fraction of sp³-hybridized carbons (Fsp3) is 0.250. The van der Waals surface area contributed by atoms with Gasteiger partial charge in [0.1, 0.15) is 11.6 Å². The zero-order valence-corrected chi connectivity index (χ0v) is 8.97. The Balaban J connectivity index is 2.28. The number of rotatable bonds is 3. The van der Waals surface area contributed by atoms with E-state index in [4.69, 9.17) is 4.74 Å². The number of aromatic nitrogens is 2. The van der Waals surface area contributed by atoms with E-state index in [0.29, 0.717) is 0 Å². The maximum absolute atomic E-state index is 5.30. The van der Waals surface area contributed by atoms with Gasteiger partial charge >= 0.3 is 0 Å². The molecule has 0 fully saturated rings. The van der Waals surface area contributed by atoms with Crippen molar-refractivity contribution in [1.82, 2.24) is 9.55 Å². The summed E-state index contributed by atoms with van der Waals surface area (Å²) < 4.78 is 7.40. The van der Waals surface area contributed by atoms with E-state index in [1.807, 2.05) is 37.5 Å².